The molecule has 0 saturated heterocycles. The molecular weight excluding hydrogens is 483 g/mol. The highest BCUT2D eigenvalue weighted by atomic mass is 28.4. The second-order valence-corrected chi connectivity index (χ2v) is 27.5. The zero-order valence-electron chi connectivity index (χ0n) is 23.2. The van der Waals surface area contributed by atoms with Crippen molar-refractivity contribution in [2.45, 2.75) is 116 Å². The maximum Gasteiger partial charge on any atom is 0.336 e. The normalized spacial score (nSPS) is 12.4. The van der Waals surface area contributed by atoms with Crippen LogP contribution in [-0.4, -0.2) is 51.6 Å². The lowest BCUT2D eigenvalue weighted by molar-refractivity contribution is -0.0980. The molecule has 1 rings (SSSR count). The number of rotatable bonds is 14. The summed E-state index contributed by atoms with van der Waals surface area (Å²) in [5, 5.41) is 0. The fraction of sp³-hybridized carbons (Fsp3) is 0.826. The summed E-state index contributed by atoms with van der Waals surface area (Å²) in [6.07, 6.45) is 2.29. The topological polar surface area (TPSA) is 92.3 Å². The highest BCUT2D eigenvalue weighted by molar-refractivity contribution is 6.76. The largest absolute Gasteiger partial charge is 0.418 e. The molecule has 198 valence electrons. The quantitative estimate of drug-likeness (QED) is 0.337. The van der Waals surface area contributed by atoms with Crippen molar-refractivity contribution < 1.29 is 9.22 Å². The fourth-order valence-electron chi connectivity index (χ4n) is 3.92. The van der Waals surface area contributed by atoms with Gasteiger partial charge in [0, 0.05) is 42.4 Å². The van der Waals surface area contributed by atoms with Crippen LogP contribution in [-0.2, 0) is 28.9 Å². The van der Waals surface area contributed by atoms with Gasteiger partial charge in [-0.3, -0.25) is 0 Å². The first kappa shape index (κ1) is 32.7. The Balaban J connectivity index is 0.00000529. The molecule has 8 nitrogen and oxygen atoms in total. The molecule has 0 aromatic carbocycles. The first-order valence-corrected chi connectivity index (χ1v) is 23.0. The fourth-order valence-corrected chi connectivity index (χ4v) is 8.29. The number of carbonyl (C=O) groups excluding carboxylic acids is 1. The average Bonchev–Trinajstić information content (AvgIpc) is 2.69. The molecule has 1 heterocycles. The van der Waals surface area contributed by atoms with E-state index in [4.69, 9.17) is 9.22 Å². The Morgan fingerprint density at radius 3 is 1.18 bits per heavy atom. The van der Waals surface area contributed by atoms with Crippen LogP contribution in [0.1, 0.15) is 26.2 Å². The van der Waals surface area contributed by atoms with Gasteiger partial charge in [0.2, 0.25) is 0 Å². The van der Waals surface area contributed by atoms with Crippen LogP contribution in [0.5, 0.6) is 0 Å². The Kier molecular flexibility index (Phi) is 13.7. The molecular formula is C23H49N3O5Si3. The molecule has 0 saturated carbocycles. The van der Waals surface area contributed by atoms with Crippen LogP contribution in [0.15, 0.2) is 14.4 Å². The molecule has 0 N–H and O–H groups in total. The maximum absolute atomic E-state index is 13.1. The van der Waals surface area contributed by atoms with Crippen molar-refractivity contribution in [3.8, 4) is 0 Å². The Morgan fingerprint density at radius 2 is 0.912 bits per heavy atom. The molecule has 1 aromatic heterocycles. The smallest absolute Gasteiger partial charge is 0.336 e. The molecule has 0 fully saturated rings. The van der Waals surface area contributed by atoms with Gasteiger partial charge in [0.15, 0.2) is 8.32 Å². The summed E-state index contributed by atoms with van der Waals surface area (Å²) >= 11 is 0. The van der Waals surface area contributed by atoms with Gasteiger partial charge in [0.05, 0.1) is 0 Å². The third-order valence-corrected chi connectivity index (χ3v) is 12.0. The van der Waals surface area contributed by atoms with E-state index in [1.165, 1.54) is 13.7 Å². The molecule has 0 atom stereocenters. The number of nitrogens with zero attached hydrogens (tertiary/aromatic N) is 3. The van der Waals surface area contributed by atoms with Crippen molar-refractivity contribution in [1.29, 1.82) is 0 Å². The summed E-state index contributed by atoms with van der Waals surface area (Å²) in [5.41, 5.74) is -1.34. The predicted octanol–water partition coefficient (Wildman–Crippen LogP) is 4.08. The van der Waals surface area contributed by atoms with E-state index < -0.39 is 41.5 Å². The van der Waals surface area contributed by atoms with Gasteiger partial charge in [-0.05, 0) is 45.3 Å². The van der Waals surface area contributed by atoms with Crippen molar-refractivity contribution >= 4 is 31.3 Å². The standard InChI is InChI=1S/C22H47N3O4Si3.CH2O/c1-10-29-32(8,9)19-13-16-25-21(27)23(14-11-17-30(2,3)4)20(26)24(22(25)28)15-12-18-31(5,6)7;1-2/h10-19H2,1-9H3;1H2. The van der Waals surface area contributed by atoms with E-state index in [1.54, 1.807) is 0 Å². The summed E-state index contributed by atoms with van der Waals surface area (Å²) < 4.78 is 9.79. The Labute approximate surface area is 208 Å². The molecule has 0 bridgehead atoms. The van der Waals surface area contributed by atoms with Gasteiger partial charge in [0.25, 0.3) is 0 Å². The molecule has 0 unspecified atom stereocenters. The van der Waals surface area contributed by atoms with E-state index in [2.05, 4.69) is 52.4 Å². The van der Waals surface area contributed by atoms with Crippen LogP contribution in [0, 0.1) is 0 Å². The second-order valence-electron chi connectivity index (χ2n) is 11.9. The van der Waals surface area contributed by atoms with Crippen LogP contribution in [0.3, 0.4) is 0 Å². The van der Waals surface area contributed by atoms with Crippen molar-refractivity contribution in [2.24, 2.45) is 0 Å². The SMILES string of the molecule is C=O.CCO[Si](C)(C)CCCn1c(=O)n(CCC[Si](C)(C)C)c(=O)n(CCC[Si](C)(C)C)c1=O. The molecule has 0 aliphatic carbocycles. The predicted molar refractivity (Wildman–Crippen MR) is 150 cm³/mol. The third kappa shape index (κ3) is 11.9. The van der Waals surface area contributed by atoms with Gasteiger partial charge in [-0.2, -0.15) is 0 Å². The third-order valence-electron chi connectivity index (χ3n) is 5.70. The minimum Gasteiger partial charge on any atom is -0.418 e. The van der Waals surface area contributed by atoms with Crippen LogP contribution in [0.2, 0.25) is 70.5 Å². The van der Waals surface area contributed by atoms with Gasteiger partial charge in [0.1, 0.15) is 6.79 Å². The summed E-state index contributed by atoms with van der Waals surface area (Å²) in [6, 6.07) is 2.96. The lowest BCUT2D eigenvalue weighted by atomic mass is 10.4. The van der Waals surface area contributed by atoms with Crippen LogP contribution in [0.25, 0.3) is 0 Å². The van der Waals surface area contributed by atoms with E-state index in [0.717, 1.165) is 31.0 Å². The highest BCUT2D eigenvalue weighted by Gasteiger charge is 2.23. The molecule has 0 aliphatic rings. The zero-order valence-corrected chi connectivity index (χ0v) is 26.2. The number of carbonyl (C=O) groups is 1. The molecule has 0 aliphatic heterocycles. The Morgan fingerprint density at radius 1 is 0.618 bits per heavy atom. The van der Waals surface area contributed by atoms with E-state index in [1.807, 2.05) is 13.7 Å². The van der Waals surface area contributed by atoms with Gasteiger partial charge in [-0.1, -0.05) is 51.4 Å². The van der Waals surface area contributed by atoms with Crippen LogP contribution >= 0.6 is 0 Å². The van der Waals surface area contributed by atoms with Crippen molar-refractivity contribution in [3.05, 3.63) is 31.5 Å². The van der Waals surface area contributed by atoms with E-state index in [-0.39, 0.29) is 0 Å². The molecule has 0 spiro atoms. The lowest BCUT2D eigenvalue weighted by Crippen LogP contribution is -2.54. The summed E-state index contributed by atoms with van der Waals surface area (Å²) in [4.78, 5) is 47.4. The molecule has 0 radical (unpaired) electrons. The first-order valence-electron chi connectivity index (χ1n) is 12.5. The highest BCUT2D eigenvalue weighted by Crippen LogP contribution is 2.14. The van der Waals surface area contributed by atoms with Gasteiger partial charge in [-0.15, -0.1) is 0 Å². The summed E-state index contributed by atoms with van der Waals surface area (Å²) in [7, 11) is -4.34. The number of hydrogen-bond acceptors (Lipinski definition) is 5. The van der Waals surface area contributed by atoms with Gasteiger partial charge in [-0.25, -0.2) is 28.1 Å². The monoisotopic (exact) mass is 531 g/mol. The summed E-state index contributed by atoms with van der Waals surface area (Å²) in [5.74, 6) is 0. The van der Waals surface area contributed by atoms with Crippen LogP contribution in [0.4, 0.5) is 0 Å². The molecule has 34 heavy (non-hydrogen) atoms. The molecule has 1 aromatic rings. The Bertz CT molecular complexity index is 866. The summed E-state index contributed by atoms with van der Waals surface area (Å²) in [6.45, 7) is 23.8. The van der Waals surface area contributed by atoms with Gasteiger partial charge >= 0.3 is 17.1 Å². The molecule has 0 amide bonds. The zero-order chi connectivity index (χ0) is 26.7. The van der Waals surface area contributed by atoms with Crippen molar-refractivity contribution in [2.75, 3.05) is 6.61 Å². The Hall–Kier alpha value is -1.31. The van der Waals surface area contributed by atoms with Gasteiger partial charge < -0.3 is 9.22 Å². The number of aromatic nitrogens is 3. The van der Waals surface area contributed by atoms with E-state index >= 15 is 0 Å². The lowest BCUT2D eigenvalue weighted by Gasteiger charge is -2.22. The van der Waals surface area contributed by atoms with E-state index in [0.29, 0.717) is 32.7 Å². The molecule has 11 heteroatoms. The maximum atomic E-state index is 13.1. The minimum atomic E-state index is -1.80. The second kappa shape index (κ2) is 14.3. The van der Waals surface area contributed by atoms with E-state index in [9.17, 15) is 14.4 Å². The minimum absolute atomic E-state index is 0.337. The first-order chi connectivity index (χ1) is 15.6. The average molecular weight is 532 g/mol. The van der Waals surface area contributed by atoms with Crippen LogP contribution < -0.4 is 17.1 Å². The van der Waals surface area contributed by atoms with Crippen molar-refractivity contribution in [1.82, 2.24) is 13.7 Å². The van der Waals surface area contributed by atoms with Crippen molar-refractivity contribution in [3.63, 3.8) is 0 Å². The number of hydrogen-bond donors (Lipinski definition) is 0.